The molecule has 0 aliphatic rings. The minimum absolute atomic E-state index is 0.167. The lowest BCUT2D eigenvalue weighted by Crippen LogP contribution is -2.30. The van der Waals surface area contributed by atoms with Crippen LogP contribution in [-0.2, 0) is 11.3 Å². The first-order valence-corrected chi connectivity index (χ1v) is 6.21. The zero-order valence-electron chi connectivity index (χ0n) is 9.55. The van der Waals surface area contributed by atoms with Gasteiger partial charge in [-0.15, -0.1) is 11.3 Å². The fourth-order valence-corrected chi connectivity index (χ4v) is 2.11. The molecule has 0 spiro atoms. The molecule has 1 N–H and O–H groups in total. The molecule has 0 atom stereocenters. The summed E-state index contributed by atoms with van der Waals surface area (Å²) in [5.41, 5.74) is 0.00587. The van der Waals surface area contributed by atoms with Crippen molar-refractivity contribution >= 4 is 27.9 Å². The van der Waals surface area contributed by atoms with Crippen molar-refractivity contribution in [3.8, 4) is 0 Å². The lowest BCUT2D eigenvalue weighted by Gasteiger charge is -2.04. The lowest BCUT2D eigenvalue weighted by atomic mass is 10.5. The van der Waals surface area contributed by atoms with E-state index in [0.717, 1.165) is 4.68 Å². The molecule has 0 unspecified atom stereocenters. The third kappa shape index (κ3) is 2.22. The van der Waals surface area contributed by atoms with Crippen LogP contribution in [0.25, 0.3) is 5.52 Å². The molecule has 0 saturated carbocycles. The summed E-state index contributed by atoms with van der Waals surface area (Å²) in [6.45, 7) is -0.167. The summed E-state index contributed by atoms with van der Waals surface area (Å²) in [6.07, 6.45) is 4.47. The summed E-state index contributed by atoms with van der Waals surface area (Å²) in [4.78, 5) is 27.6. The van der Waals surface area contributed by atoms with Gasteiger partial charge in [0.25, 0.3) is 5.56 Å². The van der Waals surface area contributed by atoms with Crippen molar-refractivity contribution < 1.29 is 4.79 Å². The monoisotopic (exact) mass is 276 g/mol. The van der Waals surface area contributed by atoms with Crippen LogP contribution in [0.1, 0.15) is 0 Å². The number of rotatable bonds is 3. The molecule has 3 aromatic rings. The molecule has 1 amide bonds. The van der Waals surface area contributed by atoms with Crippen LogP contribution in [0.5, 0.6) is 0 Å². The van der Waals surface area contributed by atoms with E-state index in [1.54, 1.807) is 17.6 Å². The summed E-state index contributed by atoms with van der Waals surface area (Å²) in [5.74, 6) is -0.353. The first-order chi connectivity index (χ1) is 9.24. The number of hydrogen-bond donors (Lipinski definition) is 1. The fraction of sp³-hybridized carbons (Fsp3) is 0.100. The van der Waals surface area contributed by atoms with Crippen molar-refractivity contribution in [2.45, 2.75) is 6.54 Å². The van der Waals surface area contributed by atoms with Gasteiger partial charge in [-0.1, -0.05) is 0 Å². The van der Waals surface area contributed by atoms with Crippen molar-refractivity contribution in [3.63, 3.8) is 0 Å². The summed E-state index contributed by atoms with van der Waals surface area (Å²) >= 11 is 1.30. The van der Waals surface area contributed by atoms with Crippen molar-refractivity contribution in [1.29, 1.82) is 0 Å². The molecule has 3 rings (SSSR count). The second kappa shape index (κ2) is 4.61. The quantitative estimate of drug-likeness (QED) is 0.726. The van der Waals surface area contributed by atoms with Gasteiger partial charge in [-0.2, -0.15) is 10.2 Å². The van der Waals surface area contributed by atoms with E-state index in [1.807, 2.05) is 0 Å². The van der Waals surface area contributed by atoms with Crippen molar-refractivity contribution in [2.75, 3.05) is 5.32 Å². The number of amides is 1. The number of thiazole rings is 1. The van der Waals surface area contributed by atoms with E-state index in [0.29, 0.717) is 10.6 Å². The van der Waals surface area contributed by atoms with Crippen LogP contribution in [0, 0.1) is 0 Å². The standard InChI is InChI=1S/C10H8N6O2S/c17-8(14-10-11-3-4-19-10)5-15-9(18)7-1-2-12-16(7)6-13-15/h1-4,6H,5H2,(H,11,14,17). The zero-order chi connectivity index (χ0) is 13.2. The van der Waals surface area contributed by atoms with Crippen LogP contribution in [0.2, 0.25) is 0 Å². The highest BCUT2D eigenvalue weighted by Crippen LogP contribution is 2.09. The highest BCUT2D eigenvalue weighted by Gasteiger charge is 2.09. The molecule has 0 aliphatic carbocycles. The van der Waals surface area contributed by atoms with Gasteiger partial charge in [-0.3, -0.25) is 9.59 Å². The molecule has 0 saturated heterocycles. The Labute approximate surface area is 110 Å². The number of nitrogens with zero attached hydrogens (tertiary/aromatic N) is 5. The maximum absolute atomic E-state index is 12.0. The van der Waals surface area contributed by atoms with E-state index in [1.165, 1.54) is 28.4 Å². The Hall–Kier alpha value is -2.55. The van der Waals surface area contributed by atoms with Crippen molar-refractivity contribution in [2.24, 2.45) is 0 Å². The molecule has 3 aromatic heterocycles. The van der Waals surface area contributed by atoms with Gasteiger partial charge in [0.2, 0.25) is 5.91 Å². The molecule has 0 fully saturated rings. The topological polar surface area (TPSA) is 94.2 Å². The molecule has 0 radical (unpaired) electrons. The molecule has 0 bridgehead atoms. The first kappa shape index (κ1) is 11.5. The largest absolute Gasteiger partial charge is 0.300 e. The molecule has 3 heterocycles. The summed E-state index contributed by atoms with van der Waals surface area (Å²) < 4.78 is 2.44. The third-order valence-corrected chi connectivity index (χ3v) is 3.08. The normalized spacial score (nSPS) is 10.7. The van der Waals surface area contributed by atoms with Gasteiger partial charge in [-0.25, -0.2) is 14.2 Å². The van der Waals surface area contributed by atoms with Crippen LogP contribution in [0.15, 0.2) is 35.0 Å². The molecule has 19 heavy (non-hydrogen) atoms. The maximum Gasteiger partial charge on any atom is 0.293 e. The Morgan fingerprint density at radius 1 is 1.37 bits per heavy atom. The molecule has 9 heteroatoms. The van der Waals surface area contributed by atoms with Gasteiger partial charge in [-0.05, 0) is 6.07 Å². The minimum Gasteiger partial charge on any atom is -0.300 e. The Bertz CT molecular complexity index is 775. The van der Waals surface area contributed by atoms with E-state index in [4.69, 9.17) is 0 Å². The number of nitrogens with one attached hydrogen (secondary N) is 1. The Morgan fingerprint density at radius 3 is 3.05 bits per heavy atom. The molecule has 0 aromatic carbocycles. The van der Waals surface area contributed by atoms with Crippen LogP contribution in [-0.4, -0.2) is 30.3 Å². The SMILES string of the molecule is O=C(Cn1ncn2nccc2c1=O)Nc1nccs1. The van der Waals surface area contributed by atoms with Gasteiger partial charge >= 0.3 is 0 Å². The summed E-state index contributed by atoms with van der Waals surface area (Å²) in [5, 5.41) is 12.6. The highest BCUT2D eigenvalue weighted by atomic mass is 32.1. The molecule has 96 valence electrons. The van der Waals surface area contributed by atoms with Crippen LogP contribution in [0.3, 0.4) is 0 Å². The van der Waals surface area contributed by atoms with Crippen LogP contribution in [0.4, 0.5) is 5.13 Å². The Kier molecular flexibility index (Phi) is 2.80. The van der Waals surface area contributed by atoms with Crippen molar-refractivity contribution in [3.05, 3.63) is 40.5 Å². The van der Waals surface area contributed by atoms with E-state index in [9.17, 15) is 9.59 Å². The average Bonchev–Trinajstić information content (AvgIpc) is 3.03. The Morgan fingerprint density at radius 2 is 2.26 bits per heavy atom. The van der Waals surface area contributed by atoms with Crippen molar-refractivity contribution in [1.82, 2.24) is 24.4 Å². The molecular formula is C10H8N6O2S. The molecule has 0 aliphatic heterocycles. The van der Waals surface area contributed by atoms with Gasteiger partial charge < -0.3 is 5.32 Å². The third-order valence-electron chi connectivity index (χ3n) is 2.40. The van der Waals surface area contributed by atoms with Crippen LogP contribution >= 0.6 is 11.3 Å². The van der Waals surface area contributed by atoms with E-state index < -0.39 is 0 Å². The summed E-state index contributed by atoms with van der Waals surface area (Å²) in [6, 6.07) is 1.57. The fourth-order valence-electron chi connectivity index (χ4n) is 1.56. The number of carbonyl (C=O) groups excluding carboxylic acids is 1. The van der Waals surface area contributed by atoms with Crippen LogP contribution < -0.4 is 10.9 Å². The van der Waals surface area contributed by atoms with Gasteiger partial charge in [0.15, 0.2) is 5.13 Å². The summed E-state index contributed by atoms with van der Waals surface area (Å²) in [7, 11) is 0. The smallest absolute Gasteiger partial charge is 0.293 e. The average molecular weight is 276 g/mol. The predicted molar refractivity (Wildman–Crippen MR) is 68.0 cm³/mol. The molecular weight excluding hydrogens is 268 g/mol. The Balaban J connectivity index is 1.83. The zero-order valence-corrected chi connectivity index (χ0v) is 10.4. The van der Waals surface area contributed by atoms with E-state index >= 15 is 0 Å². The number of hydrogen-bond acceptors (Lipinski definition) is 6. The lowest BCUT2D eigenvalue weighted by molar-refractivity contribution is -0.117. The first-order valence-electron chi connectivity index (χ1n) is 5.33. The number of fused-ring (bicyclic) bond motifs is 1. The highest BCUT2D eigenvalue weighted by molar-refractivity contribution is 7.13. The minimum atomic E-state index is -0.366. The molecule has 8 nitrogen and oxygen atoms in total. The number of carbonyl (C=O) groups is 1. The van der Waals surface area contributed by atoms with Gasteiger partial charge in [0.1, 0.15) is 18.4 Å². The predicted octanol–water partition coefficient (Wildman–Crippen LogP) is -0.0138. The second-order valence-corrected chi connectivity index (χ2v) is 4.53. The number of anilines is 1. The van der Waals surface area contributed by atoms with Gasteiger partial charge in [0.05, 0.1) is 6.20 Å². The second-order valence-electron chi connectivity index (χ2n) is 3.64. The maximum atomic E-state index is 12.0. The van der Waals surface area contributed by atoms with Gasteiger partial charge in [0, 0.05) is 11.6 Å². The number of aromatic nitrogens is 5. The van der Waals surface area contributed by atoms with E-state index in [2.05, 4.69) is 20.5 Å². The van der Waals surface area contributed by atoms with E-state index in [-0.39, 0.29) is 18.0 Å².